The number of hydrogen-bond donors (Lipinski definition) is 0. The zero-order chi connectivity index (χ0) is 14.5. The SMILES string of the molecule is CCc1cc(Sc2ccc(OC)c(OC)c2)nc(C)n1. The fourth-order valence-electron chi connectivity index (χ4n) is 1.83. The summed E-state index contributed by atoms with van der Waals surface area (Å²) in [5, 5.41) is 0.946. The summed E-state index contributed by atoms with van der Waals surface area (Å²) in [6.45, 7) is 4.00. The molecule has 5 heteroatoms. The van der Waals surface area contributed by atoms with E-state index in [-0.39, 0.29) is 0 Å². The Balaban J connectivity index is 2.27. The van der Waals surface area contributed by atoms with Crippen molar-refractivity contribution >= 4 is 11.8 Å². The predicted octanol–water partition coefficient (Wildman–Crippen LogP) is 3.52. The molecule has 0 aliphatic heterocycles. The van der Waals surface area contributed by atoms with Crippen molar-refractivity contribution in [3.63, 3.8) is 0 Å². The average molecular weight is 290 g/mol. The lowest BCUT2D eigenvalue weighted by molar-refractivity contribution is 0.354. The molecule has 20 heavy (non-hydrogen) atoms. The highest BCUT2D eigenvalue weighted by molar-refractivity contribution is 7.99. The molecule has 2 rings (SSSR count). The van der Waals surface area contributed by atoms with Crippen molar-refractivity contribution in [2.45, 2.75) is 30.2 Å². The van der Waals surface area contributed by atoms with Crippen molar-refractivity contribution in [3.05, 3.63) is 35.8 Å². The van der Waals surface area contributed by atoms with E-state index in [0.29, 0.717) is 0 Å². The lowest BCUT2D eigenvalue weighted by Crippen LogP contribution is -1.95. The van der Waals surface area contributed by atoms with Crippen LogP contribution in [0.5, 0.6) is 11.5 Å². The van der Waals surface area contributed by atoms with E-state index in [9.17, 15) is 0 Å². The molecular weight excluding hydrogens is 272 g/mol. The molecule has 0 atom stereocenters. The highest BCUT2D eigenvalue weighted by Crippen LogP contribution is 2.34. The van der Waals surface area contributed by atoms with Crippen LogP contribution >= 0.6 is 11.8 Å². The van der Waals surface area contributed by atoms with Gasteiger partial charge in [-0.1, -0.05) is 18.7 Å². The van der Waals surface area contributed by atoms with Crippen LogP contribution in [-0.2, 0) is 6.42 Å². The van der Waals surface area contributed by atoms with Crippen LogP contribution in [-0.4, -0.2) is 24.2 Å². The molecule has 1 heterocycles. The molecule has 0 saturated carbocycles. The van der Waals surface area contributed by atoms with E-state index in [1.54, 1.807) is 26.0 Å². The summed E-state index contributed by atoms with van der Waals surface area (Å²) in [6.07, 6.45) is 0.906. The molecule has 1 aromatic heterocycles. The maximum atomic E-state index is 5.31. The fourth-order valence-corrected chi connectivity index (χ4v) is 2.75. The first-order valence-electron chi connectivity index (χ1n) is 6.40. The number of benzene rings is 1. The van der Waals surface area contributed by atoms with E-state index >= 15 is 0 Å². The van der Waals surface area contributed by atoms with Crippen molar-refractivity contribution < 1.29 is 9.47 Å². The smallest absolute Gasteiger partial charge is 0.161 e. The van der Waals surface area contributed by atoms with E-state index < -0.39 is 0 Å². The lowest BCUT2D eigenvalue weighted by atomic mass is 10.3. The van der Waals surface area contributed by atoms with E-state index in [1.807, 2.05) is 31.2 Å². The second-order valence-corrected chi connectivity index (χ2v) is 5.31. The molecule has 4 nitrogen and oxygen atoms in total. The molecule has 0 bridgehead atoms. The van der Waals surface area contributed by atoms with E-state index in [2.05, 4.69) is 16.9 Å². The largest absolute Gasteiger partial charge is 0.493 e. The molecule has 0 saturated heterocycles. The zero-order valence-corrected chi connectivity index (χ0v) is 13.0. The summed E-state index contributed by atoms with van der Waals surface area (Å²) >= 11 is 1.59. The van der Waals surface area contributed by atoms with E-state index in [4.69, 9.17) is 9.47 Å². The summed E-state index contributed by atoms with van der Waals surface area (Å²) in [6, 6.07) is 7.87. The first kappa shape index (κ1) is 14.7. The monoisotopic (exact) mass is 290 g/mol. The molecule has 0 fully saturated rings. The van der Waals surface area contributed by atoms with Gasteiger partial charge >= 0.3 is 0 Å². The zero-order valence-electron chi connectivity index (χ0n) is 12.1. The van der Waals surface area contributed by atoms with Gasteiger partial charge in [-0.2, -0.15) is 0 Å². The Bertz CT molecular complexity index is 602. The number of rotatable bonds is 5. The van der Waals surface area contributed by atoms with Crippen LogP contribution in [0.3, 0.4) is 0 Å². The molecule has 1 aromatic carbocycles. The third-order valence-electron chi connectivity index (χ3n) is 2.81. The maximum Gasteiger partial charge on any atom is 0.161 e. The summed E-state index contributed by atoms with van der Waals surface area (Å²) in [7, 11) is 3.27. The van der Waals surface area contributed by atoms with Gasteiger partial charge in [-0.05, 0) is 37.6 Å². The molecular formula is C15H18N2O2S. The Hall–Kier alpha value is -1.75. The number of aromatic nitrogens is 2. The Morgan fingerprint density at radius 3 is 2.45 bits per heavy atom. The van der Waals surface area contributed by atoms with Crippen LogP contribution < -0.4 is 9.47 Å². The van der Waals surface area contributed by atoms with Crippen LogP contribution in [0, 0.1) is 6.92 Å². The number of nitrogens with zero attached hydrogens (tertiary/aromatic N) is 2. The average Bonchev–Trinajstić information content (AvgIpc) is 2.46. The first-order chi connectivity index (χ1) is 9.66. The molecule has 0 radical (unpaired) electrons. The topological polar surface area (TPSA) is 44.2 Å². The molecule has 2 aromatic rings. The van der Waals surface area contributed by atoms with E-state index in [0.717, 1.165) is 39.4 Å². The van der Waals surface area contributed by atoms with Crippen LogP contribution in [0.1, 0.15) is 18.4 Å². The lowest BCUT2D eigenvalue weighted by Gasteiger charge is -2.09. The number of aryl methyl sites for hydroxylation is 2. The molecule has 0 aliphatic carbocycles. The number of ether oxygens (including phenoxy) is 2. The minimum absolute atomic E-state index is 0.721. The second kappa shape index (κ2) is 6.61. The number of hydrogen-bond acceptors (Lipinski definition) is 5. The second-order valence-electron chi connectivity index (χ2n) is 4.22. The van der Waals surface area contributed by atoms with Crippen molar-refractivity contribution in [3.8, 4) is 11.5 Å². The predicted molar refractivity (Wildman–Crippen MR) is 79.8 cm³/mol. The Morgan fingerprint density at radius 1 is 1.05 bits per heavy atom. The maximum absolute atomic E-state index is 5.31. The van der Waals surface area contributed by atoms with Gasteiger partial charge in [0.05, 0.1) is 14.2 Å². The van der Waals surface area contributed by atoms with Crippen molar-refractivity contribution in [2.24, 2.45) is 0 Å². The summed E-state index contributed by atoms with van der Waals surface area (Å²) in [5.74, 6) is 2.25. The third kappa shape index (κ3) is 3.42. The molecule has 0 N–H and O–H groups in total. The normalized spacial score (nSPS) is 10.4. The van der Waals surface area contributed by atoms with Gasteiger partial charge in [-0.25, -0.2) is 9.97 Å². The van der Waals surface area contributed by atoms with Gasteiger partial charge < -0.3 is 9.47 Å². The molecule has 0 amide bonds. The highest BCUT2D eigenvalue weighted by atomic mass is 32.2. The number of methoxy groups -OCH3 is 2. The molecule has 0 spiro atoms. The van der Waals surface area contributed by atoms with Gasteiger partial charge in [0, 0.05) is 10.6 Å². The first-order valence-corrected chi connectivity index (χ1v) is 7.22. The Morgan fingerprint density at radius 2 is 1.80 bits per heavy atom. The Labute approximate surface area is 123 Å². The molecule has 0 aliphatic rings. The van der Waals surface area contributed by atoms with Gasteiger partial charge in [-0.3, -0.25) is 0 Å². The van der Waals surface area contributed by atoms with Gasteiger partial charge in [0.1, 0.15) is 10.9 Å². The van der Waals surface area contributed by atoms with Gasteiger partial charge in [0.2, 0.25) is 0 Å². The minimum atomic E-state index is 0.721. The van der Waals surface area contributed by atoms with E-state index in [1.165, 1.54) is 0 Å². The van der Waals surface area contributed by atoms with Crippen LogP contribution in [0.15, 0.2) is 34.2 Å². The summed E-state index contributed by atoms with van der Waals surface area (Å²) in [4.78, 5) is 9.90. The van der Waals surface area contributed by atoms with Gasteiger partial charge in [0.25, 0.3) is 0 Å². The molecule has 0 unspecified atom stereocenters. The van der Waals surface area contributed by atoms with Gasteiger partial charge in [-0.15, -0.1) is 0 Å². The van der Waals surface area contributed by atoms with Crippen molar-refractivity contribution in [2.75, 3.05) is 14.2 Å². The molecule has 106 valence electrons. The Kier molecular flexibility index (Phi) is 4.84. The van der Waals surface area contributed by atoms with Crippen LogP contribution in [0.4, 0.5) is 0 Å². The van der Waals surface area contributed by atoms with Crippen molar-refractivity contribution in [1.29, 1.82) is 0 Å². The highest BCUT2D eigenvalue weighted by Gasteiger charge is 2.07. The van der Waals surface area contributed by atoms with Crippen LogP contribution in [0.2, 0.25) is 0 Å². The van der Waals surface area contributed by atoms with Crippen molar-refractivity contribution in [1.82, 2.24) is 9.97 Å². The standard InChI is InChI=1S/C15H18N2O2S/c1-5-11-8-15(17-10(2)16-11)20-12-6-7-13(18-3)14(9-12)19-4/h6-9H,5H2,1-4H3. The summed E-state index contributed by atoms with van der Waals surface area (Å²) in [5.41, 5.74) is 1.06. The summed E-state index contributed by atoms with van der Waals surface area (Å²) < 4.78 is 10.5. The third-order valence-corrected chi connectivity index (χ3v) is 3.72. The van der Waals surface area contributed by atoms with Gasteiger partial charge in [0.15, 0.2) is 11.5 Å². The van der Waals surface area contributed by atoms with Crippen LogP contribution in [0.25, 0.3) is 0 Å². The fraction of sp³-hybridized carbons (Fsp3) is 0.333. The minimum Gasteiger partial charge on any atom is -0.493 e. The quantitative estimate of drug-likeness (QED) is 0.788.